The number of aromatic nitrogens is 1. The SMILES string of the molecule is CCCCCCCCCCCCCCOP(=O)(OCCCCCCCCCCCCCC)c1cc[n+](C)cc1.[Cl-]. The molecule has 236 valence electrons. The predicted molar refractivity (Wildman–Crippen MR) is 169 cm³/mol. The van der Waals surface area contributed by atoms with E-state index in [4.69, 9.17) is 9.05 Å². The van der Waals surface area contributed by atoms with Crippen molar-refractivity contribution in [2.75, 3.05) is 13.2 Å². The molecule has 1 aromatic rings. The Bertz CT molecular complexity index is 667. The van der Waals surface area contributed by atoms with E-state index in [-0.39, 0.29) is 12.4 Å². The summed E-state index contributed by atoms with van der Waals surface area (Å²) in [7, 11) is -1.30. The molecule has 0 atom stereocenters. The molecular weight excluding hydrogens is 537 g/mol. The van der Waals surface area contributed by atoms with Gasteiger partial charge in [-0.15, -0.1) is 0 Å². The van der Waals surface area contributed by atoms with Crippen LogP contribution in [0.15, 0.2) is 24.5 Å². The molecule has 0 aliphatic carbocycles. The highest BCUT2D eigenvalue weighted by Crippen LogP contribution is 2.47. The smallest absolute Gasteiger partial charge is 0.361 e. The van der Waals surface area contributed by atoms with Crippen LogP contribution in [0.5, 0.6) is 0 Å². The Morgan fingerprint density at radius 2 is 0.800 bits per heavy atom. The molecule has 0 radical (unpaired) electrons. The Balaban J connectivity index is 0.0000152. The monoisotopic (exact) mass is 601 g/mol. The number of rotatable bonds is 29. The van der Waals surface area contributed by atoms with Crippen LogP contribution in [-0.2, 0) is 20.7 Å². The molecule has 0 bridgehead atoms. The van der Waals surface area contributed by atoms with E-state index in [9.17, 15) is 4.57 Å². The second kappa shape index (κ2) is 28.7. The first-order valence-electron chi connectivity index (χ1n) is 17.0. The van der Waals surface area contributed by atoms with Gasteiger partial charge in [-0.05, 0) is 12.8 Å². The molecule has 0 spiro atoms. The second-order valence-electron chi connectivity index (χ2n) is 11.7. The third kappa shape index (κ3) is 22.2. The van der Waals surface area contributed by atoms with Gasteiger partial charge < -0.3 is 21.5 Å². The minimum absolute atomic E-state index is 0. The normalized spacial score (nSPS) is 11.6. The fourth-order valence-electron chi connectivity index (χ4n) is 5.12. The molecule has 0 aliphatic heterocycles. The third-order valence-corrected chi connectivity index (χ3v) is 9.77. The molecule has 40 heavy (non-hydrogen) atoms. The maximum absolute atomic E-state index is 13.7. The summed E-state index contributed by atoms with van der Waals surface area (Å²) >= 11 is 0. The molecule has 0 unspecified atom stereocenters. The Morgan fingerprint density at radius 1 is 0.525 bits per heavy atom. The lowest BCUT2D eigenvalue weighted by molar-refractivity contribution is -0.671. The third-order valence-electron chi connectivity index (χ3n) is 7.80. The van der Waals surface area contributed by atoms with E-state index in [1.165, 1.54) is 128 Å². The molecule has 4 nitrogen and oxygen atoms in total. The van der Waals surface area contributed by atoms with Gasteiger partial charge in [0.1, 0.15) is 7.05 Å². The number of nitrogens with zero attached hydrogens (tertiary/aromatic N) is 1. The number of hydrogen-bond acceptors (Lipinski definition) is 3. The highest BCUT2D eigenvalue weighted by Gasteiger charge is 2.28. The van der Waals surface area contributed by atoms with Crippen molar-refractivity contribution in [3.63, 3.8) is 0 Å². The summed E-state index contributed by atoms with van der Waals surface area (Å²) in [6, 6.07) is 3.76. The van der Waals surface area contributed by atoms with E-state index in [0.717, 1.165) is 25.7 Å². The zero-order valence-electron chi connectivity index (χ0n) is 26.7. The summed E-state index contributed by atoms with van der Waals surface area (Å²) in [5.74, 6) is 0. The van der Waals surface area contributed by atoms with Crippen LogP contribution in [0, 0.1) is 0 Å². The summed E-state index contributed by atoms with van der Waals surface area (Å²) in [6.45, 7) is 5.57. The van der Waals surface area contributed by atoms with Gasteiger partial charge in [-0.1, -0.05) is 155 Å². The second-order valence-corrected chi connectivity index (χ2v) is 13.7. The van der Waals surface area contributed by atoms with Gasteiger partial charge in [0.05, 0.1) is 18.5 Å². The maximum atomic E-state index is 13.7. The van der Waals surface area contributed by atoms with Crippen LogP contribution in [-0.4, -0.2) is 13.2 Å². The van der Waals surface area contributed by atoms with Gasteiger partial charge >= 0.3 is 7.60 Å². The van der Waals surface area contributed by atoms with Crippen LogP contribution in [0.3, 0.4) is 0 Å². The van der Waals surface area contributed by atoms with Crippen LogP contribution >= 0.6 is 7.60 Å². The highest BCUT2D eigenvalue weighted by molar-refractivity contribution is 7.62. The van der Waals surface area contributed by atoms with Crippen molar-refractivity contribution >= 4 is 12.9 Å². The zero-order chi connectivity index (χ0) is 28.3. The van der Waals surface area contributed by atoms with Gasteiger partial charge in [-0.25, -0.2) is 4.57 Å². The molecule has 0 saturated carbocycles. The summed E-state index contributed by atoms with van der Waals surface area (Å²) in [5, 5.41) is 0.679. The van der Waals surface area contributed by atoms with Gasteiger partial charge in [0.25, 0.3) is 0 Å². The number of hydrogen-bond donors (Lipinski definition) is 0. The lowest BCUT2D eigenvalue weighted by atomic mass is 10.1. The van der Waals surface area contributed by atoms with Crippen LogP contribution in [0.1, 0.15) is 168 Å². The van der Waals surface area contributed by atoms with Crippen molar-refractivity contribution in [1.82, 2.24) is 0 Å². The van der Waals surface area contributed by atoms with Crippen LogP contribution in [0.25, 0.3) is 0 Å². The molecule has 0 amide bonds. The predicted octanol–water partition coefficient (Wildman–Crippen LogP) is 7.77. The summed E-state index contributed by atoms with van der Waals surface area (Å²) in [4.78, 5) is 0. The van der Waals surface area contributed by atoms with Gasteiger partial charge in [0.15, 0.2) is 12.4 Å². The van der Waals surface area contributed by atoms with E-state index in [0.29, 0.717) is 18.5 Å². The fraction of sp³-hybridized carbons (Fsp3) is 0.853. The first-order valence-corrected chi connectivity index (χ1v) is 18.5. The van der Waals surface area contributed by atoms with Crippen molar-refractivity contribution in [2.24, 2.45) is 7.05 Å². The Hall–Kier alpha value is -0.410. The minimum Gasteiger partial charge on any atom is -1.00 e. The van der Waals surface area contributed by atoms with Crippen molar-refractivity contribution in [2.45, 2.75) is 168 Å². The number of halogens is 1. The lowest BCUT2D eigenvalue weighted by Crippen LogP contribution is -3.00. The standard InChI is InChI=1S/C34H65NO3P.ClH/c1-4-6-8-10-12-14-16-18-20-22-24-26-32-37-39(36,34-28-30-35(3)31-29-34)38-33-27-25-23-21-19-17-15-13-11-9-7-5-2;/h28-31H,4-27,32-33H2,1-3H3;1H/q+1;/p-1. The van der Waals surface area contributed by atoms with E-state index in [1.807, 2.05) is 36.1 Å². The number of unbranched alkanes of at least 4 members (excludes halogenated alkanes) is 22. The minimum atomic E-state index is -3.27. The zero-order valence-corrected chi connectivity index (χ0v) is 28.3. The summed E-state index contributed by atoms with van der Waals surface area (Å²) < 4.78 is 27.6. The number of pyridine rings is 1. The van der Waals surface area contributed by atoms with Crippen LogP contribution in [0.2, 0.25) is 0 Å². The molecule has 0 aliphatic rings. The largest absolute Gasteiger partial charge is 1.00 e. The Kier molecular flexibility index (Phi) is 28.4. The molecule has 1 aromatic heterocycles. The van der Waals surface area contributed by atoms with E-state index in [1.54, 1.807) is 0 Å². The fourth-order valence-corrected chi connectivity index (χ4v) is 6.73. The summed E-state index contributed by atoms with van der Waals surface area (Å²) in [5.41, 5.74) is 0. The molecule has 0 saturated heterocycles. The molecule has 1 heterocycles. The van der Waals surface area contributed by atoms with Gasteiger partial charge in [0.2, 0.25) is 0 Å². The topological polar surface area (TPSA) is 39.4 Å². The average Bonchev–Trinajstić information content (AvgIpc) is 2.94. The van der Waals surface area contributed by atoms with E-state index < -0.39 is 7.60 Å². The van der Waals surface area contributed by atoms with E-state index in [2.05, 4.69) is 13.8 Å². The first-order chi connectivity index (χ1) is 19.1. The van der Waals surface area contributed by atoms with E-state index >= 15 is 0 Å². The molecular formula is C34H65ClNO3P. The Labute approximate surface area is 255 Å². The van der Waals surface area contributed by atoms with Crippen LogP contribution < -0.4 is 22.3 Å². The molecule has 1 rings (SSSR count). The molecule has 0 fully saturated rings. The molecule has 0 aromatic carbocycles. The number of aryl methyl sites for hydroxylation is 1. The van der Waals surface area contributed by atoms with Gasteiger partial charge in [-0.2, -0.15) is 0 Å². The van der Waals surface area contributed by atoms with Crippen molar-refractivity contribution in [3.05, 3.63) is 24.5 Å². The quantitative estimate of drug-likeness (QED) is 0.0535. The highest BCUT2D eigenvalue weighted by atomic mass is 35.5. The van der Waals surface area contributed by atoms with Crippen LogP contribution in [0.4, 0.5) is 0 Å². The van der Waals surface area contributed by atoms with Gasteiger partial charge in [0, 0.05) is 12.1 Å². The molecule has 0 N–H and O–H groups in total. The summed E-state index contributed by atoms with van der Waals surface area (Å²) in [6.07, 6.45) is 35.2. The first kappa shape index (κ1) is 39.6. The maximum Gasteiger partial charge on any atom is 0.361 e. The lowest BCUT2D eigenvalue weighted by Gasteiger charge is -2.18. The van der Waals surface area contributed by atoms with Crippen molar-refractivity contribution < 1.29 is 30.6 Å². The average molecular weight is 602 g/mol. The molecule has 6 heteroatoms. The Morgan fingerprint density at radius 3 is 1.10 bits per heavy atom. The van der Waals surface area contributed by atoms with Crippen molar-refractivity contribution in [1.29, 1.82) is 0 Å². The van der Waals surface area contributed by atoms with Gasteiger partial charge in [-0.3, -0.25) is 4.57 Å². The van der Waals surface area contributed by atoms with Crippen molar-refractivity contribution in [3.8, 4) is 0 Å².